The fourth-order valence-electron chi connectivity index (χ4n) is 1.38. The van der Waals surface area contributed by atoms with Gasteiger partial charge in [-0.25, -0.2) is 0 Å². The zero-order valence-electron chi connectivity index (χ0n) is 11.3. The second-order valence-electron chi connectivity index (χ2n) is 4.20. The number of carbonyl (C=O) groups excluding carboxylic acids is 3. The van der Waals surface area contributed by atoms with Crippen molar-refractivity contribution in [1.29, 1.82) is 0 Å². The molecule has 18 heavy (non-hydrogen) atoms. The Bertz CT molecular complexity index is 304. The molecule has 104 valence electrons. The first-order chi connectivity index (χ1) is 8.38. The lowest BCUT2D eigenvalue weighted by Crippen LogP contribution is -2.44. The smallest absolute Gasteiger partial charge is 0.315 e. The number of nitrogens with one attached hydrogen (secondary N) is 1. The Morgan fingerprint density at radius 2 is 1.83 bits per heavy atom. The molecule has 0 aromatic heterocycles. The minimum Gasteiger partial charge on any atom is -0.465 e. The lowest BCUT2D eigenvalue weighted by atomic mass is 10.0. The Morgan fingerprint density at radius 3 is 2.28 bits per heavy atom. The Morgan fingerprint density at radius 1 is 1.22 bits per heavy atom. The quantitative estimate of drug-likeness (QED) is 0.669. The lowest BCUT2D eigenvalue weighted by molar-refractivity contribution is -0.139. The molecule has 1 unspecified atom stereocenters. The highest BCUT2D eigenvalue weighted by Crippen LogP contribution is 2.05. The standard InChI is InChI=1S/C12H21NO4S/c1-5-17-11(16)7-18-6-10(15)13-12(8(2)3)9(4)14/h8,12H,5-7H2,1-4H3,(H,13,15). The number of thioether (sulfide) groups is 1. The van der Waals surface area contributed by atoms with E-state index in [4.69, 9.17) is 4.74 Å². The number of Topliss-reactive ketones (excluding diaryl/α,β-unsaturated/α-hetero) is 1. The van der Waals surface area contributed by atoms with E-state index in [0.29, 0.717) is 6.61 Å². The Balaban J connectivity index is 3.96. The van der Waals surface area contributed by atoms with Crippen LogP contribution in [0.25, 0.3) is 0 Å². The van der Waals surface area contributed by atoms with Crippen LogP contribution in [0.1, 0.15) is 27.7 Å². The summed E-state index contributed by atoms with van der Waals surface area (Å²) in [6, 6.07) is -0.458. The first-order valence-corrected chi connectivity index (χ1v) is 7.07. The van der Waals surface area contributed by atoms with Gasteiger partial charge in [0, 0.05) is 0 Å². The van der Waals surface area contributed by atoms with Crippen LogP contribution in [0, 0.1) is 5.92 Å². The van der Waals surface area contributed by atoms with Gasteiger partial charge in [-0.05, 0) is 19.8 Å². The zero-order valence-corrected chi connectivity index (χ0v) is 12.1. The number of esters is 1. The van der Waals surface area contributed by atoms with Gasteiger partial charge in [-0.2, -0.15) is 0 Å². The summed E-state index contributed by atoms with van der Waals surface area (Å²) in [5.74, 6) is -0.279. The Kier molecular flexibility index (Phi) is 8.45. The van der Waals surface area contributed by atoms with Crippen LogP contribution in [0.4, 0.5) is 0 Å². The van der Waals surface area contributed by atoms with E-state index in [-0.39, 0.29) is 35.1 Å². The van der Waals surface area contributed by atoms with Crippen molar-refractivity contribution in [2.75, 3.05) is 18.1 Å². The van der Waals surface area contributed by atoms with Gasteiger partial charge >= 0.3 is 5.97 Å². The van der Waals surface area contributed by atoms with Gasteiger partial charge in [0.15, 0.2) is 5.78 Å². The molecule has 6 heteroatoms. The number of ketones is 1. The van der Waals surface area contributed by atoms with Gasteiger partial charge in [0.25, 0.3) is 0 Å². The average Bonchev–Trinajstić information content (AvgIpc) is 2.25. The number of ether oxygens (including phenoxy) is 1. The molecule has 0 aliphatic heterocycles. The van der Waals surface area contributed by atoms with E-state index in [2.05, 4.69) is 5.32 Å². The summed E-state index contributed by atoms with van der Waals surface area (Å²) in [5.41, 5.74) is 0. The zero-order chi connectivity index (χ0) is 14.1. The van der Waals surface area contributed by atoms with Gasteiger partial charge in [0.05, 0.1) is 24.2 Å². The molecule has 0 aliphatic carbocycles. The van der Waals surface area contributed by atoms with Gasteiger partial charge < -0.3 is 10.1 Å². The van der Waals surface area contributed by atoms with Crippen LogP contribution in [0.5, 0.6) is 0 Å². The molecule has 0 heterocycles. The van der Waals surface area contributed by atoms with Crippen molar-refractivity contribution in [3.63, 3.8) is 0 Å². The Labute approximate surface area is 112 Å². The molecule has 0 saturated carbocycles. The second-order valence-corrected chi connectivity index (χ2v) is 5.18. The maximum absolute atomic E-state index is 11.6. The minimum absolute atomic E-state index is 0.0570. The molecule has 0 aromatic rings. The number of amides is 1. The molecular formula is C12H21NO4S. The molecule has 0 rings (SSSR count). The molecule has 1 atom stereocenters. The maximum atomic E-state index is 11.6. The highest BCUT2D eigenvalue weighted by Gasteiger charge is 2.20. The summed E-state index contributed by atoms with van der Waals surface area (Å²) < 4.78 is 4.74. The van der Waals surface area contributed by atoms with Crippen LogP contribution in [-0.2, 0) is 19.1 Å². The fourth-order valence-corrected chi connectivity index (χ4v) is 2.00. The summed E-state index contributed by atoms with van der Waals surface area (Å²) in [5, 5.41) is 2.66. The molecular weight excluding hydrogens is 254 g/mol. The third-order valence-electron chi connectivity index (χ3n) is 2.18. The predicted molar refractivity (Wildman–Crippen MR) is 71.4 cm³/mol. The molecule has 0 aromatic carbocycles. The van der Waals surface area contributed by atoms with Crippen LogP contribution in [0.15, 0.2) is 0 Å². The number of carbonyl (C=O) groups is 3. The van der Waals surface area contributed by atoms with E-state index in [1.54, 1.807) is 6.92 Å². The SMILES string of the molecule is CCOC(=O)CSCC(=O)NC(C(C)=O)C(C)C. The van der Waals surface area contributed by atoms with E-state index in [0.717, 1.165) is 0 Å². The van der Waals surface area contributed by atoms with Crippen LogP contribution >= 0.6 is 11.8 Å². The summed E-state index contributed by atoms with van der Waals surface area (Å²) in [4.78, 5) is 33.9. The largest absolute Gasteiger partial charge is 0.465 e. The molecule has 0 fully saturated rings. The van der Waals surface area contributed by atoms with Crippen LogP contribution in [0.2, 0.25) is 0 Å². The first-order valence-electron chi connectivity index (χ1n) is 5.91. The maximum Gasteiger partial charge on any atom is 0.315 e. The monoisotopic (exact) mass is 275 g/mol. The molecule has 0 radical (unpaired) electrons. The fraction of sp³-hybridized carbons (Fsp3) is 0.750. The molecule has 5 nitrogen and oxygen atoms in total. The normalized spacial score (nSPS) is 12.1. The number of rotatable bonds is 8. The summed E-state index contributed by atoms with van der Waals surface area (Å²) in [7, 11) is 0. The minimum atomic E-state index is -0.458. The second kappa shape index (κ2) is 8.97. The number of hydrogen-bond donors (Lipinski definition) is 1. The Hall–Kier alpha value is -1.04. The predicted octanol–water partition coefficient (Wildman–Crippen LogP) is 1.01. The van der Waals surface area contributed by atoms with Crippen molar-refractivity contribution >= 4 is 29.4 Å². The summed E-state index contributed by atoms with van der Waals surface area (Å²) >= 11 is 1.18. The molecule has 1 N–H and O–H groups in total. The highest BCUT2D eigenvalue weighted by atomic mass is 32.2. The van der Waals surface area contributed by atoms with Gasteiger partial charge in [-0.1, -0.05) is 13.8 Å². The summed E-state index contributed by atoms with van der Waals surface area (Å²) in [6.07, 6.45) is 0. The van der Waals surface area contributed by atoms with Crippen LogP contribution in [0.3, 0.4) is 0 Å². The third-order valence-corrected chi connectivity index (χ3v) is 3.09. The van der Waals surface area contributed by atoms with E-state index in [1.165, 1.54) is 18.7 Å². The molecule has 0 spiro atoms. The van der Waals surface area contributed by atoms with E-state index in [9.17, 15) is 14.4 Å². The van der Waals surface area contributed by atoms with Crippen molar-refractivity contribution in [2.45, 2.75) is 33.7 Å². The van der Waals surface area contributed by atoms with Crippen molar-refractivity contribution < 1.29 is 19.1 Å². The van der Waals surface area contributed by atoms with Crippen molar-refractivity contribution in [3.8, 4) is 0 Å². The van der Waals surface area contributed by atoms with E-state index in [1.807, 2.05) is 13.8 Å². The highest BCUT2D eigenvalue weighted by molar-refractivity contribution is 8.00. The van der Waals surface area contributed by atoms with Crippen LogP contribution < -0.4 is 5.32 Å². The molecule has 0 aliphatic rings. The topological polar surface area (TPSA) is 72.5 Å². The van der Waals surface area contributed by atoms with Gasteiger partial charge in [0.2, 0.25) is 5.91 Å². The van der Waals surface area contributed by atoms with Gasteiger partial charge in [-0.3, -0.25) is 14.4 Å². The van der Waals surface area contributed by atoms with Crippen LogP contribution in [-0.4, -0.2) is 41.8 Å². The lowest BCUT2D eigenvalue weighted by Gasteiger charge is -2.19. The van der Waals surface area contributed by atoms with Gasteiger partial charge in [0.1, 0.15) is 0 Å². The van der Waals surface area contributed by atoms with E-state index >= 15 is 0 Å². The van der Waals surface area contributed by atoms with Crippen molar-refractivity contribution in [1.82, 2.24) is 5.32 Å². The van der Waals surface area contributed by atoms with Crippen molar-refractivity contribution in [3.05, 3.63) is 0 Å². The summed E-state index contributed by atoms with van der Waals surface area (Å²) in [6.45, 7) is 7.27. The third kappa shape index (κ3) is 7.32. The molecule has 1 amide bonds. The van der Waals surface area contributed by atoms with Crippen molar-refractivity contribution in [2.24, 2.45) is 5.92 Å². The number of hydrogen-bond acceptors (Lipinski definition) is 5. The van der Waals surface area contributed by atoms with Gasteiger partial charge in [-0.15, -0.1) is 11.8 Å². The molecule has 0 saturated heterocycles. The molecule has 0 bridgehead atoms. The average molecular weight is 275 g/mol. The first kappa shape index (κ1) is 17.0. The van der Waals surface area contributed by atoms with E-state index < -0.39 is 6.04 Å².